The monoisotopic (exact) mass is 264 g/mol. The van der Waals surface area contributed by atoms with Crippen molar-refractivity contribution in [2.75, 3.05) is 0 Å². The molecular weight excluding hydrogens is 251 g/mol. The standard InChI is InChI=1S/C15H14ClFO/c1-10-3-5-14(8-15(10)17)18-13-6-4-12(9-16)11(2)7-13/h3-8H,9H2,1-2H3. The normalized spacial score (nSPS) is 10.4. The van der Waals surface area contributed by atoms with Crippen molar-refractivity contribution in [1.82, 2.24) is 0 Å². The molecular formula is C15H14ClFO. The Morgan fingerprint density at radius 1 is 1.00 bits per heavy atom. The minimum Gasteiger partial charge on any atom is -0.457 e. The Morgan fingerprint density at radius 3 is 2.28 bits per heavy atom. The van der Waals surface area contributed by atoms with Crippen LogP contribution in [0.4, 0.5) is 4.39 Å². The quantitative estimate of drug-likeness (QED) is 0.711. The van der Waals surface area contributed by atoms with E-state index in [1.165, 1.54) is 6.07 Å². The highest BCUT2D eigenvalue weighted by Gasteiger charge is 2.04. The summed E-state index contributed by atoms with van der Waals surface area (Å²) in [5, 5.41) is 0. The fourth-order valence-corrected chi connectivity index (χ4v) is 1.95. The van der Waals surface area contributed by atoms with Gasteiger partial charge in [-0.15, -0.1) is 11.6 Å². The molecule has 2 aromatic rings. The molecule has 0 fully saturated rings. The molecule has 0 unspecified atom stereocenters. The van der Waals surface area contributed by atoms with Crippen LogP contribution in [0.15, 0.2) is 36.4 Å². The molecule has 0 aromatic heterocycles. The second-order valence-electron chi connectivity index (χ2n) is 4.23. The van der Waals surface area contributed by atoms with Gasteiger partial charge < -0.3 is 4.74 Å². The van der Waals surface area contributed by atoms with Gasteiger partial charge in [0.05, 0.1) is 0 Å². The van der Waals surface area contributed by atoms with Crippen LogP contribution in [0, 0.1) is 19.7 Å². The Hall–Kier alpha value is -1.54. The summed E-state index contributed by atoms with van der Waals surface area (Å²) < 4.78 is 19.0. The van der Waals surface area contributed by atoms with E-state index in [4.69, 9.17) is 16.3 Å². The molecule has 0 heterocycles. The molecule has 0 atom stereocenters. The number of halogens is 2. The molecule has 0 aliphatic heterocycles. The molecule has 3 heteroatoms. The van der Waals surface area contributed by atoms with E-state index in [9.17, 15) is 4.39 Å². The van der Waals surface area contributed by atoms with Crippen LogP contribution in [0.3, 0.4) is 0 Å². The van der Waals surface area contributed by atoms with E-state index in [0.717, 1.165) is 11.1 Å². The van der Waals surface area contributed by atoms with Gasteiger partial charge in [-0.2, -0.15) is 0 Å². The van der Waals surface area contributed by atoms with Gasteiger partial charge in [0.25, 0.3) is 0 Å². The molecule has 0 saturated heterocycles. The van der Waals surface area contributed by atoms with Crippen molar-refractivity contribution >= 4 is 11.6 Å². The van der Waals surface area contributed by atoms with Crippen molar-refractivity contribution in [3.63, 3.8) is 0 Å². The first-order chi connectivity index (χ1) is 8.60. The molecule has 0 saturated carbocycles. The number of ether oxygens (including phenoxy) is 1. The van der Waals surface area contributed by atoms with Crippen molar-refractivity contribution in [2.24, 2.45) is 0 Å². The first-order valence-corrected chi connectivity index (χ1v) is 6.23. The Labute approximate surface area is 111 Å². The van der Waals surface area contributed by atoms with Gasteiger partial charge in [-0.05, 0) is 48.7 Å². The Morgan fingerprint density at radius 2 is 1.67 bits per heavy atom. The van der Waals surface area contributed by atoms with Crippen molar-refractivity contribution in [3.05, 3.63) is 58.9 Å². The molecule has 0 N–H and O–H groups in total. The Kier molecular flexibility index (Phi) is 3.87. The second kappa shape index (κ2) is 5.40. The van der Waals surface area contributed by atoms with Gasteiger partial charge in [0.15, 0.2) is 0 Å². The van der Waals surface area contributed by atoms with Gasteiger partial charge in [0.2, 0.25) is 0 Å². The molecule has 94 valence electrons. The number of rotatable bonds is 3. The van der Waals surface area contributed by atoms with E-state index < -0.39 is 0 Å². The molecule has 0 bridgehead atoms. The van der Waals surface area contributed by atoms with Crippen LogP contribution in [0.1, 0.15) is 16.7 Å². The fraction of sp³-hybridized carbons (Fsp3) is 0.200. The van der Waals surface area contributed by atoms with Gasteiger partial charge in [-0.3, -0.25) is 0 Å². The lowest BCUT2D eigenvalue weighted by Gasteiger charge is -2.09. The zero-order valence-electron chi connectivity index (χ0n) is 10.3. The van der Waals surface area contributed by atoms with Crippen LogP contribution in [-0.4, -0.2) is 0 Å². The molecule has 18 heavy (non-hydrogen) atoms. The lowest BCUT2D eigenvalue weighted by atomic mass is 10.1. The summed E-state index contributed by atoms with van der Waals surface area (Å²) in [6, 6.07) is 10.5. The van der Waals surface area contributed by atoms with E-state index in [2.05, 4.69) is 0 Å². The summed E-state index contributed by atoms with van der Waals surface area (Å²) in [5.74, 6) is 1.40. The predicted molar refractivity (Wildman–Crippen MR) is 71.9 cm³/mol. The van der Waals surface area contributed by atoms with Crippen LogP contribution in [0.25, 0.3) is 0 Å². The summed E-state index contributed by atoms with van der Waals surface area (Å²) >= 11 is 5.79. The molecule has 0 aliphatic carbocycles. The number of hydrogen-bond donors (Lipinski definition) is 0. The lowest BCUT2D eigenvalue weighted by Crippen LogP contribution is -1.90. The largest absolute Gasteiger partial charge is 0.457 e. The van der Waals surface area contributed by atoms with Crippen LogP contribution in [0.5, 0.6) is 11.5 Å². The van der Waals surface area contributed by atoms with Crippen LogP contribution < -0.4 is 4.74 Å². The molecule has 0 amide bonds. The maximum Gasteiger partial charge on any atom is 0.130 e. The smallest absolute Gasteiger partial charge is 0.130 e. The third kappa shape index (κ3) is 2.82. The maximum absolute atomic E-state index is 13.4. The second-order valence-corrected chi connectivity index (χ2v) is 4.50. The third-order valence-electron chi connectivity index (χ3n) is 2.84. The number of aryl methyl sites for hydroxylation is 2. The number of benzene rings is 2. The average Bonchev–Trinajstić information content (AvgIpc) is 2.34. The zero-order chi connectivity index (χ0) is 13.1. The van der Waals surface area contributed by atoms with E-state index in [0.29, 0.717) is 22.9 Å². The number of hydrogen-bond acceptors (Lipinski definition) is 1. The minimum atomic E-state index is -0.262. The van der Waals surface area contributed by atoms with E-state index in [1.54, 1.807) is 19.1 Å². The van der Waals surface area contributed by atoms with Crippen LogP contribution >= 0.6 is 11.6 Å². The third-order valence-corrected chi connectivity index (χ3v) is 3.12. The van der Waals surface area contributed by atoms with Gasteiger partial charge in [0.1, 0.15) is 17.3 Å². The summed E-state index contributed by atoms with van der Waals surface area (Å²) in [5.41, 5.74) is 2.74. The van der Waals surface area contributed by atoms with Gasteiger partial charge in [-0.1, -0.05) is 12.1 Å². The van der Waals surface area contributed by atoms with E-state index >= 15 is 0 Å². The summed E-state index contributed by atoms with van der Waals surface area (Å²) in [4.78, 5) is 0. The first kappa shape index (κ1) is 12.9. The molecule has 1 nitrogen and oxygen atoms in total. The Bertz CT molecular complexity index is 566. The van der Waals surface area contributed by atoms with Crippen molar-refractivity contribution in [1.29, 1.82) is 0 Å². The summed E-state index contributed by atoms with van der Waals surface area (Å²) in [7, 11) is 0. The predicted octanol–water partition coefficient (Wildman–Crippen LogP) is 4.97. The molecule has 2 aromatic carbocycles. The molecule has 0 aliphatic rings. The SMILES string of the molecule is Cc1ccc(Oc2ccc(CCl)c(C)c2)cc1F. The van der Waals surface area contributed by atoms with Crippen molar-refractivity contribution < 1.29 is 9.13 Å². The highest BCUT2D eigenvalue weighted by atomic mass is 35.5. The topological polar surface area (TPSA) is 9.23 Å². The van der Waals surface area contributed by atoms with Crippen LogP contribution in [0.2, 0.25) is 0 Å². The number of alkyl halides is 1. The highest BCUT2D eigenvalue weighted by molar-refractivity contribution is 6.17. The van der Waals surface area contributed by atoms with Crippen molar-refractivity contribution in [2.45, 2.75) is 19.7 Å². The zero-order valence-corrected chi connectivity index (χ0v) is 11.1. The Balaban J connectivity index is 2.23. The van der Waals surface area contributed by atoms with E-state index in [-0.39, 0.29) is 5.82 Å². The lowest BCUT2D eigenvalue weighted by molar-refractivity contribution is 0.475. The average molecular weight is 265 g/mol. The molecule has 0 radical (unpaired) electrons. The summed E-state index contributed by atoms with van der Waals surface area (Å²) in [6.45, 7) is 3.69. The highest BCUT2D eigenvalue weighted by Crippen LogP contribution is 2.25. The fourth-order valence-electron chi connectivity index (χ4n) is 1.65. The summed E-state index contributed by atoms with van der Waals surface area (Å²) in [6.07, 6.45) is 0. The molecule has 0 spiro atoms. The van der Waals surface area contributed by atoms with Gasteiger partial charge >= 0.3 is 0 Å². The van der Waals surface area contributed by atoms with Gasteiger partial charge in [0, 0.05) is 11.9 Å². The van der Waals surface area contributed by atoms with E-state index in [1.807, 2.05) is 25.1 Å². The van der Waals surface area contributed by atoms with Crippen molar-refractivity contribution in [3.8, 4) is 11.5 Å². The maximum atomic E-state index is 13.4. The van der Waals surface area contributed by atoms with Gasteiger partial charge in [-0.25, -0.2) is 4.39 Å². The molecule has 2 rings (SSSR count). The minimum absolute atomic E-state index is 0.262. The first-order valence-electron chi connectivity index (χ1n) is 5.69. The van der Waals surface area contributed by atoms with Crippen LogP contribution in [-0.2, 0) is 5.88 Å².